The summed E-state index contributed by atoms with van der Waals surface area (Å²) in [6.07, 6.45) is 3.45. The van der Waals surface area contributed by atoms with Crippen molar-refractivity contribution in [2.75, 3.05) is 39.3 Å². The fraction of sp³-hybridized carbons (Fsp3) is 0.611. The zero-order valence-corrected chi connectivity index (χ0v) is 15.6. The van der Waals surface area contributed by atoms with Gasteiger partial charge in [-0.2, -0.15) is 0 Å². The second kappa shape index (κ2) is 8.05. The summed E-state index contributed by atoms with van der Waals surface area (Å²) in [5.41, 5.74) is 1.36. The summed E-state index contributed by atoms with van der Waals surface area (Å²) < 4.78 is 5.96. The molecule has 2 fully saturated rings. The molecule has 2 aliphatic heterocycles. The van der Waals surface area contributed by atoms with Crippen molar-refractivity contribution in [1.29, 1.82) is 0 Å². The zero-order valence-electron chi connectivity index (χ0n) is 14.1. The van der Waals surface area contributed by atoms with Crippen LogP contribution in [0.4, 0.5) is 0 Å². The van der Waals surface area contributed by atoms with Crippen LogP contribution in [-0.4, -0.2) is 61.1 Å². The molecule has 1 amide bonds. The number of carbonyl (C=O) groups is 1. The Morgan fingerprint density at radius 3 is 2.50 bits per heavy atom. The number of likely N-dealkylation sites (tertiary alicyclic amines) is 1. The smallest absolute Gasteiger partial charge is 0.254 e. The van der Waals surface area contributed by atoms with Crippen LogP contribution in [0, 0.1) is 6.92 Å². The van der Waals surface area contributed by atoms with Gasteiger partial charge in [0.25, 0.3) is 5.91 Å². The Kier molecular flexibility index (Phi) is 6.03. The van der Waals surface area contributed by atoms with Gasteiger partial charge in [-0.1, -0.05) is 23.2 Å². The molecule has 2 saturated heterocycles. The summed E-state index contributed by atoms with van der Waals surface area (Å²) >= 11 is 12.4. The summed E-state index contributed by atoms with van der Waals surface area (Å²) in [5, 5.41) is 1.07. The molecule has 0 N–H and O–H groups in total. The Morgan fingerprint density at radius 1 is 1.17 bits per heavy atom. The molecular weight excluding hydrogens is 347 g/mol. The van der Waals surface area contributed by atoms with E-state index in [1.54, 1.807) is 12.1 Å². The number of hydrogen-bond donors (Lipinski definition) is 0. The molecular formula is C18H24Cl2N2O2. The molecule has 2 aliphatic rings. The predicted octanol–water partition coefficient (Wildman–Crippen LogP) is 3.63. The lowest BCUT2D eigenvalue weighted by Gasteiger charge is -2.27. The van der Waals surface area contributed by atoms with E-state index in [2.05, 4.69) is 4.90 Å². The van der Waals surface area contributed by atoms with Crippen molar-refractivity contribution >= 4 is 29.1 Å². The molecule has 1 aromatic carbocycles. The first-order chi connectivity index (χ1) is 11.5. The average molecular weight is 371 g/mol. The maximum absolute atomic E-state index is 12.9. The molecule has 24 heavy (non-hydrogen) atoms. The van der Waals surface area contributed by atoms with Gasteiger partial charge in [0.15, 0.2) is 0 Å². The molecule has 4 nitrogen and oxygen atoms in total. The van der Waals surface area contributed by atoms with Crippen molar-refractivity contribution in [3.63, 3.8) is 0 Å². The molecule has 1 atom stereocenters. The normalized spacial score (nSPS) is 22.6. The molecule has 0 radical (unpaired) electrons. The predicted molar refractivity (Wildman–Crippen MR) is 97.1 cm³/mol. The van der Waals surface area contributed by atoms with E-state index in [1.807, 2.05) is 11.8 Å². The third kappa shape index (κ3) is 4.23. The van der Waals surface area contributed by atoms with Crippen molar-refractivity contribution in [2.45, 2.75) is 32.3 Å². The van der Waals surface area contributed by atoms with E-state index in [0.717, 1.165) is 31.6 Å². The Balaban J connectivity index is 1.70. The molecule has 6 heteroatoms. The van der Waals surface area contributed by atoms with E-state index in [0.29, 0.717) is 35.3 Å². The lowest BCUT2D eigenvalue weighted by atomic mass is 10.1. The molecule has 0 bridgehead atoms. The highest BCUT2D eigenvalue weighted by Crippen LogP contribution is 2.26. The minimum Gasteiger partial charge on any atom is -0.375 e. The summed E-state index contributed by atoms with van der Waals surface area (Å²) in [5.74, 6) is -0.0179. The first-order valence-electron chi connectivity index (χ1n) is 8.63. The van der Waals surface area contributed by atoms with Crippen molar-refractivity contribution in [3.05, 3.63) is 33.3 Å². The summed E-state index contributed by atoms with van der Waals surface area (Å²) in [6, 6.07) is 3.43. The lowest BCUT2D eigenvalue weighted by molar-refractivity contribution is 0.0297. The van der Waals surface area contributed by atoms with Gasteiger partial charge in [-0.05, 0) is 57.0 Å². The van der Waals surface area contributed by atoms with E-state index >= 15 is 0 Å². The monoisotopic (exact) mass is 370 g/mol. The van der Waals surface area contributed by atoms with Gasteiger partial charge in [0.1, 0.15) is 0 Å². The molecule has 132 valence electrons. The minimum absolute atomic E-state index is 0.0179. The number of hydrogen-bond acceptors (Lipinski definition) is 3. The van der Waals surface area contributed by atoms with Crippen LogP contribution in [0.1, 0.15) is 35.2 Å². The average Bonchev–Trinajstić information content (AvgIpc) is 2.95. The molecule has 0 saturated carbocycles. The van der Waals surface area contributed by atoms with E-state index in [-0.39, 0.29) is 12.0 Å². The van der Waals surface area contributed by atoms with Crippen molar-refractivity contribution in [3.8, 4) is 0 Å². The topological polar surface area (TPSA) is 32.8 Å². The molecule has 2 heterocycles. The van der Waals surface area contributed by atoms with E-state index in [4.69, 9.17) is 27.9 Å². The quantitative estimate of drug-likeness (QED) is 0.814. The first kappa shape index (κ1) is 18.0. The first-order valence-corrected chi connectivity index (χ1v) is 9.39. The van der Waals surface area contributed by atoms with E-state index in [1.165, 1.54) is 12.8 Å². The molecule has 0 aliphatic carbocycles. The Bertz CT molecular complexity index is 580. The third-order valence-corrected chi connectivity index (χ3v) is 5.61. The summed E-state index contributed by atoms with van der Waals surface area (Å²) in [4.78, 5) is 17.2. The number of halogens is 2. The summed E-state index contributed by atoms with van der Waals surface area (Å²) in [7, 11) is 0. The standard InChI is InChI=1S/C18H24Cl2N2O2/c1-13-16(19)9-14(10-17(13)20)18(23)22-7-4-8-24-15(12-22)11-21-5-2-3-6-21/h9-10,15H,2-8,11-12H2,1H3/t15-/m0/s1. The highest BCUT2D eigenvalue weighted by Gasteiger charge is 2.26. The SMILES string of the molecule is Cc1c(Cl)cc(C(=O)N2CCCO[C@@H](CN3CCCC3)C2)cc1Cl. The molecule has 1 aromatic rings. The maximum Gasteiger partial charge on any atom is 0.254 e. The third-order valence-electron chi connectivity index (χ3n) is 4.83. The van der Waals surface area contributed by atoms with Gasteiger partial charge >= 0.3 is 0 Å². The molecule has 0 spiro atoms. The fourth-order valence-corrected chi connectivity index (χ4v) is 3.88. The van der Waals surface area contributed by atoms with Crippen LogP contribution in [0.2, 0.25) is 10.0 Å². The van der Waals surface area contributed by atoms with Crippen molar-refractivity contribution in [1.82, 2.24) is 9.80 Å². The van der Waals surface area contributed by atoms with Crippen LogP contribution in [-0.2, 0) is 4.74 Å². The number of nitrogens with zero attached hydrogens (tertiary/aromatic N) is 2. The molecule has 0 aromatic heterocycles. The summed E-state index contributed by atoms with van der Waals surface area (Å²) in [6.45, 7) is 7.06. The molecule has 0 unspecified atom stereocenters. The number of amides is 1. The van der Waals surface area contributed by atoms with Crippen LogP contribution in [0.3, 0.4) is 0 Å². The van der Waals surface area contributed by atoms with Crippen LogP contribution < -0.4 is 0 Å². The van der Waals surface area contributed by atoms with Gasteiger partial charge in [-0.25, -0.2) is 0 Å². The van der Waals surface area contributed by atoms with Gasteiger partial charge in [0.05, 0.1) is 6.10 Å². The molecule has 3 rings (SSSR count). The number of rotatable bonds is 3. The van der Waals surface area contributed by atoms with Crippen LogP contribution >= 0.6 is 23.2 Å². The fourth-order valence-electron chi connectivity index (χ4n) is 3.39. The van der Waals surface area contributed by atoms with Crippen LogP contribution in [0.25, 0.3) is 0 Å². The Hall–Kier alpha value is -0.810. The van der Waals surface area contributed by atoms with Gasteiger partial charge < -0.3 is 14.5 Å². The van der Waals surface area contributed by atoms with Crippen molar-refractivity contribution < 1.29 is 9.53 Å². The van der Waals surface area contributed by atoms with Gasteiger partial charge in [-0.15, -0.1) is 0 Å². The minimum atomic E-state index is -0.0179. The Labute approximate surface area is 153 Å². The van der Waals surface area contributed by atoms with E-state index < -0.39 is 0 Å². The second-order valence-corrected chi connectivity index (χ2v) is 7.48. The lowest BCUT2D eigenvalue weighted by Crippen LogP contribution is -2.41. The van der Waals surface area contributed by atoms with Gasteiger partial charge in [0.2, 0.25) is 0 Å². The Morgan fingerprint density at radius 2 is 1.83 bits per heavy atom. The largest absolute Gasteiger partial charge is 0.375 e. The van der Waals surface area contributed by atoms with Crippen LogP contribution in [0.5, 0.6) is 0 Å². The number of ether oxygens (including phenoxy) is 1. The van der Waals surface area contributed by atoms with E-state index in [9.17, 15) is 4.79 Å². The van der Waals surface area contributed by atoms with Gasteiger partial charge in [-0.3, -0.25) is 4.79 Å². The van der Waals surface area contributed by atoms with Crippen molar-refractivity contribution in [2.24, 2.45) is 0 Å². The second-order valence-electron chi connectivity index (χ2n) is 6.67. The highest BCUT2D eigenvalue weighted by atomic mass is 35.5. The van der Waals surface area contributed by atoms with Crippen LogP contribution in [0.15, 0.2) is 12.1 Å². The zero-order chi connectivity index (χ0) is 17.1. The number of benzene rings is 1. The van der Waals surface area contributed by atoms with Gasteiger partial charge in [0, 0.05) is 41.8 Å². The maximum atomic E-state index is 12.9. The highest BCUT2D eigenvalue weighted by molar-refractivity contribution is 6.36. The number of carbonyl (C=O) groups excluding carboxylic acids is 1.